The van der Waals surface area contributed by atoms with Gasteiger partial charge in [0.15, 0.2) is 0 Å². The molecule has 0 radical (unpaired) electrons. The molecule has 5 nitrogen and oxygen atoms in total. The Labute approximate surface area is 166 Å². The smallest absolute Gasteiger partial charge is 0.149 e. The van der Waals surface area contributed by atoms with Crippen LogP contribution in [0.3, 0.4) is 0 Å². The maximum absolute atomic E-state index is 9.14. The standard InChI is InChI=1S/C23H27NO4/c1-26-23(9-14-27-15-10-23)20-16-21(24-11-12-25)18-22(17-20)28-13-5-8-19-6-3-2-4-7-19/h2-4,6-7,16-18,24-25H,9-15H2,1H3. The van der Waals surface area contributed by atoms with Crippen LogP contribution >= 0.6 is 0 Å². The molecule has 0 spiro atoms. The summed E-state index contributed by atoms with van der Waals surface area (Å²) in [6.45, 7) is 2.16. The summed E-state index contributed by atoms with van der Waals surface area (Å²) in [5, 5.41) is 12.4. The van der Waals surface area contributed by atoms with E-state index in [1.165, 1.54) is 0 Å². The van der Waals surface area contributed by atoms with Crippen LogP contribution in [-0.4, -0.2) is 45.2 Å². The number of aliphatic hydroxyl groups excluding tert-OH is 1. The second-order valence-corrected chi connectivity index (χ2v) is 6.66. The highest BCUT2D eigenvalue weighted by molar-refractivity contribution is 5.53. The molecule has 1 aliphatic heterocycles. The van der Waals surface area contributed by atoms with Crippen LogP contribution in [0, 0.1) is 11.8 Å². The Hall–Kier alpha value is -2.52. The molecule has 0 bridgehead atoms. The zero-order valence-electron chi connectivity index (χ0n) is 16.2. The predicted octanol–water partition coefficient (Wildman–Crippen LogP) is 3.17. The maximum atomic E-state index is 9.14. The summed E-state index contributed by atoms with van der Waals surface area (Å²) in [6, 6.07) is 15.8. The first-order chi connectivity index (χ1) is 13.8. The maximum Gasteiger partial charge on any atom is 0.149 e. The summed E-state index contributed by atoms with van der Waals surface area (Å²) >= 11 is 0. The molecule has 2 aromatic rings. The molecular weight excluding hydrogens is 354 g/mol. The third-order valence-corrected chi connectivity index (χ3v) is 4.88. The second kappa shape index (κ2) is 10.1. The van der Waals surface area contributed by atoms with Crippen molar-refractivity contribution >= 4 is 5.69 Å². The molecule has 0 amide bonds. The Morgan fingerprint density at radius 1 is 1.14 bits per heavy atom. The van der Waals surface area contributed by atoms with Gasteiger partial charge in [0.05, 0.1) is 12.2 Å². The molecule has 0 aliphatic carbocycles. The lowest BCUT2D eigenvalue weighted by Gasteiger charge is -2.36. The van der Waals surface area contributed by atoms with E-state index in [0.717, 1.165) is 35.4 Å². The van der Waals surface area contributed by atoms with Gasteiger partial charge in [-0.1, -0.05) is 30.0 Å². The van der Waals surface area contributed by atoms with Gasteiger partial charge in [-0.05, 0) is 29.8 Å². The van der Waals surface area contributed by atoms with E-state index in [1.807, 2.05) is 42.5 Å². The van der Waals surface area contributed by atoms with Crippen molar-refractivity contribution in [2.45, 2.75) is 18.4 Å². The minimum absolute atomic E-state index is 0.0617. The van der Waals surface area contributed by atoms with Crippen molar-refractivity contribution in [2.75, 3.05) is 45.4 Å². The Bertz CT molecular complexity index is 804. The van der Waals surface area contributed by atoms with Gasteiger partial charge in [-0.15, -0.1) is 0 Å². The summed E-state index contributed by atoms with van der Waals surface area (Å²) < 4.78 is 17.3. The largest absolute Gasteiger partial charge is 0.481 e. The van der Waals surface area contributed by atoms with Crippen molar-refractivity contribution in [3.8, 4) is 17.6 Å². The average molecular weight is 381 g/mol. The van der Waals surface area contributed by atoms with Crippen LogP contribution in [0.4, 0.5) is 5.69 Å². The monoisotopic (exact) mass is 381 g/mol. The summed E-state index contributed by atoms with van der Waals surface area (Å²) in [4.78, 5) is 0. The summed E-state index contributed by atoms with van der Waals surface area (Å²) in [6.07, 6.45) is 1.58. The fraction of sp³-hybridized carbons (Fsp3) is 0.391. The lowest BCUT2D eigenvalue weighted by Crippen LogP contribution is -2.35. The number of anilines is 1. The molecule has 0 atom stereocenters. The normalized spacial score (nSPS) is 15.4. The number of methoxy groups -OCH3 is 1. The fourth-order valence-electron chi connectivity index (χ4n) is 3.34. The number of hydrogen-bond acceptors (Lipinski definition) is 5. The van der Waals surface area contributed by atoms with Gasteiger partial charge in [-0.3, -0.25) is 0 Å². The Kier molecular flexibility index (Phi) is 7.32. The van der Waals surface area contributed by atoms with Gasteiger partial charge in [0, 0.05) is 57.0 Å². The van der Waals surface area contributed by atoms with E-state index in [4.69, 9.17) is 19.3 Å². The van der Waals surface area contributed by atoms with E-state index in [1.54, 1.807) is 7.11 Å². The lowest BCUT2D eigenvalue weighted by atomic mass is 9.85. The van der Waals surface area contributed by atoms with E-state index >= 15 is 0 Å². The first-order valence-corrected chi connectivity index (χ1v) is 9.56. The van der Waals surface area contributed by atoms with E-state index < -0.39 is 0 Å². The minimum Gasteiger partial charge on any atom is -0.481 e. The molecule has 148 valence electrons. The molecule has 3 rings (SSSR count). The first-order valence-electron chi connectivity index (χ1n) is 9.56. The van der Waals surface area contributed by atoms with Gasteiger partial charge in [0.25, 0.3) is 0 Å². The van der Waals surface area contributed by atoms with Crippen LogP contribution in [0.15, 0.2) is 48.5 Å². The quantitative estimate of drug-likeness (QED) is 0.722. The average Bonchev–Trinajstić information content (AvgIpc) is 2.76. The Balaban J connectivity index is 1.78. The lowest BCUT2D eigenvalue weighted by molar-refractivity contribution is -0.0948. The molecule has 28 heavy (non-hydrogen) atoms. The van der Waals surface area contributed by atoms with E-state index in [2.05, 4.69) is 23.2 Å². The van der Waals surface area contributed by atoms with E-state index in [0.29, 0.717) is 26.4 Å². The second-order valence-electron chi connectivity index (χ2n) is 6.66. The summed E-state index contributed by atoms with van der Waals surface area (Å²) in [5.41, 5.74) is 2.52. The van der Waals surface area contributed by atoms with Crippen LogP contribution in [0.5, 0.6) is 5.75 Å². The minimum atomic E-state index is -0.386. The highest BCUT2D eigenvalue weighted by Crippen LogP contribution is 2.38. The van der Waals surface area contributed by atoms with Crippen molar-refractivity contribution in [1.82, 2.24) is 0 Å². The zero-order chi connectivity index (χ0) is 19.7. The molecule has 1 aliphatic rings. The molecule has 1 heterocycles. The van der Waals surface area contributed by atoms with Crippen LogP contribution in [-0.2, 0) is 15.1 Å². The van der Waals surface area contributed by atoms with E-state index in [9.17, 15) is 0 Å². The third-order valence-electron chi connectivity index (χ3n) is 4.88. The fourth-order valence-corrected chi connectivity index (χ4v) is 3.34. The van der Waals surface area contributed by atoms with E-state index in [-0.39, 0.29) is 12.2 Å². The molecule has 2 N–H and O–H groups in total. The zero-order valence-corrected chi connectivity index (χ0v) is 16.2. The number of rotatable bonds is 7. The van der Waals surface area contributed by atoms with Gasteiger partial charge in [0.2, 0.25) is 0 Å². The van der Waals surface area contributed by atoms with Crippen molar-refractivity contribution in [3.63, 3.8) is 0 Å². The first kappa shape index (κ1) is 20.2. The van der Waals surface area contributed by atoms with Gasteiger partial charge < -0.3 is 24.6 Å². The van der Waals surface area contributed by atoms with Gasteiger partial charge >= 0.3 is 0 Å². The molecular formula is C23H27NO4. The number of nitrogens with one attached hydrogen (secondary N) is 1. The molecule has 0 unspecified atom stereocenters. The Morgan fingerprint density at radius 3 is 2.64 bits per heavy atom. The topological polar surface area (TPSA) is 60.0 Å². The molecule has 1 saturated heterocycles. The van der Waals surface area contributed by atoms with Crippen LogP contribution in [0.1, 0.15) is 24.0 Å². The number of ether oxygens (including phenoxy) is 3. The highest BCUT2D eigenvalue weighted by Gasteiger charge is 2.35. The molecule has 2 aromatic carbocycles. The molecule has 1 fully saturated rings. The SMILES string of the molecule is COC1(c2cc(NCCO)cc(OCC#Cc3ccccc3)c2)CCOCC1. The van der Waals surface area contributed by atoms with Crippen LogP contribution in [0.25, 0.3) is 0 Å². The molecule has 5 heteroatoms. The summed E-state index contributed by atoms with van der Waals surface area (Å²) in [7, 11) is 1.74. The number of aliphatic hydroxyl groups is 1. The van der Waals surface area contributed by atoms with Crippen LogP contribution in [0.2, 0.25) is 0 Å². The van der Waals surface area contributed by atoms with Gasteiger partial charge in [-0.2, -0.15) is 0 Å². The number of benzene rings is 2. The molecule has 0 aromatic heterocycles. The number of hydrogen-bond donors (Lipinski definition) is 2. The van der Waals surface area contributed by atoms with Crippen molar-refractivity contribution in [1.29, 1.82) is 0 Å². The van der Waals surface area contributed by atoms with Crippen molar-refractivity contribution in [3.05, 3.63) is 59.7 Å². The summed E-state index contributed by atoms with van der Waals surface area (Å²) in [5.74, 6) is 6.87. The van der Waals surface area contributed by atoms with Gasteiger partial charge in [-0.25, -0.2) is 0 Å². The highest BCUT2D eigenvalue weighted by atomic mass is 16.5. The van der Waals surface area contributed by atoms with Crippen molar-refractivity contribution < 1.29 is 19.3 Å². The molecule has 0 saturated carbocycles. The van der Waals surface area contributed by atoms with Crippen molar-refractivity contribution in [2.24, 2.45) is 0 Å². The predicted molar refractivity (Wildman–Crippen MR) is 110 cm³/mol. The third kappa shape index (κ3) is 5.26. The van der Waals surface area contributed by atoms with Crippen LogP contribution < -0.4 is 10.1 Å². The van der Waals surface area contributed by atoms with Gasteiger partial charge in [0.1, 0.15) is 12.4 Å². The Morgan fingerprint density at radius 2 is 1.93 bits per heavy atom.